The lowest BCUT2D eigenvalue weighted by molar-refractivity contribution is -1.02. The molecule has 2 N–H and O–H groups in total. The molecule has 7 heteroatoms. The van der Waals surface area contributed by atoms with Gasteiger partial charge in [0, 0.05) is 10.6 Å². The number of hydrogen-bond donors (Lipinski definition) is 2. The molecular formula is C19H29ClN6+2. The summed E-state index contributed by atoms with van der Waals surface area (Å²) in [5, 5.41) is 13.8. The Kier molecular flexibility index (Phi) is 5.52. The van der Waals surface area contributed by atoms with Gasteiger partial charge in [-0.1, -0.05) is 36.6 Å². The van der Waals surface area contributed by atoms with Gasteiger partial charge >= 0.3 is 0 Å². The number of aromatic nitrogens is 4. The molecule has 0 amide bonds. The number of rotatable bonds is 5. The molecule has 4 rings (SSSR count). The monoisotopic (exact) mass is 376 g/mol. The van der Waals surface area contributed by atoms with Crippen LogP contribution < -0.4 is 9.80 Å². The van der Waals surface area contributed by atoms with Crippen LogP contribution in [0.3, 0.4) is 0 Å². The Bertz CT molecular complexity index is 701. The average molecular weight is 377 g/mol. The molecule has 1 aromatic carbocycles. The summed E-state index contributed by atoms with van der Waals surface area (Å²) in [7, 11) is 0. The molecule has 2 fully saturated rings. The Morgan fingerprint density at radius 2 is 1.81 bits per heavy atom. The van der Waals surface area contributed by atoms with Crippen LogP contribution in [0.15, 0.2) is 24.3 Å². The standard InChI is InChI=1S/C19H27ClN6/c1-2-24-11-13-25(14-12-24)18(15-7-9-16(20)10-8-15)19-21-22-23-26(19)17-5-3-4-6-17/h7-10,17-18H,2-6,11-14H2,1H3/p+2/t18-/m1/s1. The van der Waals surface area contributed by atoms with Crippen molar-refractivity contribution >= 4 is 11.6 Å². The number of likely N-dealkylation sites (N-methyl/N-ethyl adjacent to an activating group) is 1. The average Bonchev–Trinajstić information content (AvgIpc) is 3.35. The van der Waals surface area contributed by atoms with Gasteiger partial charge in [0.2, 0.25) is 5.82 Å². The van der Waals surface area contributed by atoms with E-state index in [-0.39, 0.29) is 6.04 Å². The highest BCUT2D eigenvalue weighted by atomic mass is 35.5. The largest absolute Gasteiger partial charge is 0.326 e. The molecule has 2 heterocycles. The number of piperazine rings is 1. The summed E-state index contributed by atoms with van der Waals surface area (Å²) in [6.45, 7) is 8.19. The van der Waals surface area contributed by atoms with Gasteiger partial charge in [0.05, 0.1) is 12.6 Å². The van der Waals surface area contributed by atoms with Gasteiger partial charge in [-0.15, -0.1) is 5.10 Å². The van der Waals surface area contributed by atoms with Crippen molar-refractivity contribution < 1.29 is 9.80 Å². The SMILES string of the molecule is CC[NH+]1CC[NH+]([C@H](c2ccc(Cl)cc2)c2nnnn2C2CCCC2)CC1. The highest BCUT2D eigenvalue weighted by Gasteiger charge is 2.36. The van der Waals surface area contributed by atoms with Crippen molar-refractivity contribution in [3.8, 4) is 0 Å². The van der Waals surface area contributed by atoms with Gasteiger partial charge in [-0.25, -0.2) is 4.68 Å². The summed E-state index contributed by atoms with van der Waals surface area (Å²) in [6, 6.07) is 8.90. The van der Waals surface area contributed by atoms with Gasteiger partial charge in [0.1, 0.15) is 26.2 Å². The molecule has 0 spiro atoms. The van der Waals surface area contributed by atoms with E-state index in [1.807, 2.05) is 12.1 Å². The second-order valence-corrected chi connectivity index (χ2v) is 8.10. The molecule has 2 aliphatic rings. The molecule has 1 aliphatic heterocycles. The summed E-state index contributed by atoms with van der Waals surface area (Å²) in [4.78, 5) is 3.26. The number of nitrogens with zero attached hydrogens (tertiary/aromatic N) is 4. The molecule has 0 radical (unpaired) electrons. The fraction of sp³-hybridized carbons (Fsp3) is 0.632. The summed E-state index contributed by atoms with van der Waals surface area (Å²) >= 11 is 6.14. The van der Waals surface area contributed by atoms with Crippen molar-refractivity contribution in [1.82, 2.24) is 20.2 Å². The van der Waals surface area contributed by atoms with Crippen molar-refractivity contribution in [2.45, 2.75) is 44.7 Å². The van der Waals surface area contributed by atoms with Crippen molar-refractivity contribution in [1.29, 1.82) is 0 Å². The predicted octanol–water partition coefficient (Wildman–Crippen LogP) is 0.334. The second-order valence-electron chi connectivity index (χ2n) is 7.67. The Hall–Kier alpha value is -1.50. The predicted molar refractivity (Wildman–Crippen MR) is 101 cm³/mol. The van der Waals surface area contributed by atoms with Crippen LogP contribution in [0, 0.1) is 0 Å². The molecule has 140 valence electrons. The lowest BCUT2D eigenvalue weighted by Gasteiger charge is -2.34. The fourth-order valence-corrected chi connectivity index (χ4v) is 4.71. The zero-order valence-corrected chi connectivity index (χ0v) is 16.3. The Balaban J connectivity index is 1.67. The smallest absolute Gasteiger partial charge is 0.214 e. The number of benzene rings is 1. The molecule has 0 unspecified atom stereocenters. The van der Waals surface area contributed by atoms with Gasteiger partial charge in [0.15, 0.2) is 6.04 Å². The Morgan fingerprint density at radius 1 is 1.12 bits per heavy atom. The molecule has 0 bridgehead atoms. The number of nitrogens with one attached hydrogen (secondary N) is 2. The third kappa shape index (κ3) is 3.63. The van der Waals surface area contributed by atoms with E-state index in [2.05, 4.69) is 39.3 Å². The van der Waals surface area contributed by atoms with Crippen LogP contribution in [0.2, 0.25) is 5.02 Å². The first-order valence-electron chi connectivity index (χ1n) is 9.97. The molecule has 1 atom stereocenters. The van der Waals surface area contributed by atoms with E-state index in [0.29, 0.717) is 6.04 Å². The maximum Gasteiger partial charge on any atom is 0.214 e. The van der Waals surface area contributed by atoms with E-state index in [4.69, 9.17) is 11.6 Å². The van der Waals surface area contributed by atoms with E-state index in [9.17, 15) is 0 Å². The van der Waals surface area contributed by atoms with Crippen molar-refractivity contribution in [2.24, 2.45) is 0 Å². The Labute approximate surface area is 160 Å². The maximum absolute atomic E-state index is 6.14. The zero-order chi connectivity index (χ0) is 17.9. The number of tetrazole rings is 1. The van der Waals surface area contributed by atoms with E-state index in [1.54, 1.807) is 9.80 Å². The van der Waals surface area contributed by atoms with Crippen LogP contribution in [0.25, 0.3) is 0 Å². The molecular weight excluding hydrogens is 348 g/mol. The second kappa shape index (κ2) is 8.03. The normalized spacial score (nSPS) is 25.5. The number of quaternary nitrogens is 2. The van der Waals surface area contributed by atoms with Crippen molar-refractivity contribution in [2.75, 3.05) is 32.7 Å². The van der Waals surface area contributed by atoms with Gasteiger partial charge in [-0.2, -0.15) is 0 Å². The lowest BCUT2D eigenvalue weighted by atomic mass is 10.0. The summed E-state index contributed by atoms with van der Waals surface area (Å²) in [5.41, 5.74) is 1.26. The summed E-state index contributed by atoms with van der Waals surface area (Å²) in [5.74, 6) is 1.02. The molecule has 1 saturated heterocycles. The third-order valence-corrected chi connectivity index (χ3v) is 6.41. The van der Waals surface area contributed by atoms with Crippen LogP contribution in [-0.2, 0) is 0 Å². The van der Waals surface area contributed by atoms with Crippen molar-refractivity contribution in [3.63, 3.8) is 0 Å². The van der Waals surface area contributed by atoms with Gasteiger partial charge in [-0.05, 0) is 42.3 Å². The van der Waals surface area contributed by atoms with E-state index in [0.717, 1.165) is 23.9 Å². The zero-order valence-electron chi connectivity index (χ0n) is 15.5. The van der Waals surface area contributed by atoms with Crippen LogP contribution in [0.4, 0.5) is 0 Å². The van der Waals surface area contributed by atoms with E-state index in [1.165, 1.54) is 50.9 Å². The first-order valence-corrected chi connectivity index (χ1v) is 10.4. The fourth-order valence-electron chi connectivity index (χ4n) is 4.59. The molecule has 1 aromatic heterocycles. The third-order valence-electron chi connectivity index (χ3n) is 6.16. The van der Waals surface area contributed by atoms with Crippen LogP contribution in [0.5, 0.6) is 0 Å². The summed E-state index contributed by atoms with van der Waals surface area (Å²) < 4.78 is 2.12. The first-order chi connectivity index (χ1) is 12.8. The van der Waals surface area contributed by atoms with Crippen molar-refractivity contribution in [3.05, 3.63) is 40.7 Å². The molecule has 1 saturated carbocycles. The van der Waals surface area contributed by atoms with Gasteiger partial charge in [0.25, 0.3) is 0 Å². The lowest BCUT2D eigenvalue weighted by Crippen LogP contribution is -3.28. The van der Waals surface area contributed by atoms with Crippen LogP contribution in [-0.4, -0.2) is 52.9 Å². The van der Waals surface area contributed by atoms with Gasteiger partial charge < -0.3 is 9.80 Å². The Morgan fingerprint density at radius 3 is 2.46 bits per heavy atom. The van der Waals surface area contributed by atoms with Crippen LogP contribution in [0.1, 0.15) is 56.1 Å². The number of halogens is 1. The topological polar surface area (TPSA) is 52.5 Å². The molecule has 1 aliphatic carbocycles. The quantitative estimate of drug-likeness (QED) is 0.791. The highest BCUT2D eigenvalue weighted by Crippen LogP contribution is 2.31. The highest BCUT2D eigenvalue weighted by molar-refractivity contribution is 6.30. The molecule has 26 heavy (non-hydrogen) atoms. The van der Waals surface area contributed by atoms with E-state index >= 15 is 0 Å². The molecule has 6 nitrogen and oxygen atoms in total. The van der Waals surface area contributed by atoms with E-state index < -0.39 is 0 Å². The minimum atomic E-state index is 0.182. The molecule has 2 aromatic rings. The minimum absolute atomic E-state index is 0.182. The number of hydrogen-bond acceptors (Lipinski definition) is 3. The minimum Gasteiger partial charge on any atom is -0.326 e. The van der Waals surface area contributed by atoms with Crippen LogP contribution >= 0.6 is 11.6 Å². The van der Waals surface area contributed by atoms with Gasteiger partial charge in [-0.3, -0.25) is 0 Å². The summed E-state index contributed by atoms with van der Waals surface area (Å²) in [6.07, 6.45) is 4.94. The maximum atomic E-state index is 6.14. The first kappa shape index (κ1) is 17.9.